The Morgan fingerprint density at radius 3 is 2.67 bits per heavy atom. The summed E-state index contributed by atoms with van der Waals surface area (Å²) in [5, 5.41) is 11.1. The van der Waals surface area contributed by atoms with Crippen LogP contribution in [0.4, 0.5) is 4.39 Å². The third kappa shape index (κ3) is 4.53. The zero-order valence-corrected chi connectivity index (χ0v) is 10.1. The van der Waals surface area contributed by atoms with E-state index < -0.39 is 17.7 Å². The molecule has 0 aliphatic carbocycles. The predicted molar refractivity (Wildman–Crippen MR) is 64.8 cm³/mol. The van der Waals surface area contributed by atoms with Gasteiger partial charge in [-0.3, -0.25) is 9.59 Å². The van der Waals surface area contributed by atoms with Crippen molar-refractivity contribution in [2.75, 3.05) is 0 Å². The zero-order chi connectivity index (χ0) is 13.5. The van der Waals surface area contributed by atoms with Crippen molar-refractivity contribution < 1.29 is 19.1 Å². The van der Waals surface area contributed by atoms with Gasteiger partial charge >= 0.3 is 5.97 Å². The third-order valence-electron chi connectivity index (χ3n) is 2.52. The SMILES string of the molecule is CC(CCCC(=O)O)NC(=O)c1ccccc1F. The topological polar surface area (TPSA) is 66.4 Å². The van der Waals surface area contributed by atoms with Gasteiger partial charge in [-0.25, -0.2) is 4.39 Å². The summed E-state index contributed by atoms with van der Waals surface area (Å²) in [6.45, 7) is 1.76. The minimum atomic E-state index is -0.859. The van der Waals surface area contributed by atoms with Gasteiger partial charge in [0.15, 0.2) is 0 Å². The molecule has 0 saturated carbocycles. The first-order valence-corrected chi connectivity index (χ1v) is 5.78. The number of carbonyl (C=O) groups excluding carboxylic acids is 1. The van der Waals surface area contributed by atoms with Crippen LogP contribution >= 0.6 is 0 Å². The highest BCUT2D eigenvalue weighted by Crippen LogP contribution is 2.07. The maximum Gasteiger partial charge on any atom is 0.303 e. The fourth-order valence-corrected chi connectivity index (χ4v) is 1.58. The Bertz CT molecular complexity index is 434. The summed E-state index contributed by atoms with van der Waals surface area (Å²) in [6.07, 6.45) is 1.10. The molecule has 5 heteroatoms. The Morgan fingerprint density at radius 1 is 1.39 bits per heavy atom. The summed E-state index contributed by atoms with van der Waals surface area (Å²) >= 11 is 0. The van der Waals surface area contributed by atoms with Crippen LogP contribution in [-0.2, 0) is 4.79 Å². The number of carboxylic acids is 1. The summed E-state index contributed by atoms with van der Waals surface area (Å²) < 4.78 is 13.3. The second-order valence-corrected chi connectivity index (χ2v) is 4.14. The predicted octanol–water partition coefficient (Wildman–Crippen LogP) is 2.20. The first kappa shape index (κ1) is 14.2. The quantitative estimate of drug-likeness (QED) is 0.816. The van der Waals surface area contributed by atoms with Crippen LogP contribution < -0.4 is 5.32 Å². The van der Waals surface area contributed by atoms with Crippen molar-refractivity contribution in [2.45, 2.75) is 32.2 Å². The summed E-state index contributed by atoms with van der Waals surface area (Å²) in [6, 6.07) is 5.56. The maximum absolute atomic E-state index is 13.3. The molecule has 1 aromatic carbocycles. The van der Waals surface area contributed by atoms with Crippen molar-refractivity contribution in [2.24, 2.45) is 0 Å². The van der Waals surface area contributed by atoms with Gasteiger partial charge in [-0.05, 0) is 31.9 Å². The van der Waals surface area contributed by atoms with Crippen molar-refractivity contribution in [1.29, 1.82) is 0 Å². The smallest absolute Gasteiger partial charge is 0.303 e. The summed E-state index contributed by atoms with van der Waals surface area (Å²) in [4.78, 5) is 22.0. The lowest BCUT2D eigenvalue weighted by molar-refractivity contribution is -0.137. The van der Waals surface area contributed by atoms with E-state index in [9.17, 15) is 14.0 Å². The summed E-state index contributed by atoms with van der Waals surface area (Å²) in [5.74, 6) is -1.90. The molecule has 0 aliphatic heterocycles. The number of rotatable bonds is 6. The van der Waals surface area contributed by atoms with Crippen LogP contribution in [0.2, 0.25) is 0 Å². The molecule has 1 rings (SSSR count). The number of halogens is 1. The number of nitrogens with one attached hydrogen (secondary N) is 1. The van der Waals surface area contributed by atoms with Crippen LogP contribution in [0.15, 0.2) is 24.3 Å². The van der Waals surface area contributed by atoms with Crippen molar-refractivity contribution in [3.8, 4) is 0 Å². The van der Waals surface area contributed by atoms with E-state index >= 15 is 0 Å². The molecule has 98 valence electrons. The Kier molecular flexibility index (Phi) is 5.30. The second kappa shape index (κ2) is 6.74. The van der Waals surface area contributed by atoms with E-state index in [-0.39, 0.29) is 18.0 Å². The van der Waals surface area contributed by atoms with E-state index in [4.69, 9.17) is 5.11 Å². The van der Waals surface area contributed by atoms with Crippen LogP contribution in [0.5, 0.6) is 0 Å². The van der Waals surface area contributed by atoms with Gasteiger partial charge in [0.1, 0.15) is 5.82 Å². The highest BCUT2D eigenvalue weighted by Gasteiger charge is 2.13. The Labute approximate surface area is 105 Å². The lowest BCUT2D eigenvalue weighted by Gasteiger charge is -2.13. The van der Waals surface area contributed by atoms with E-state index in [0.717, 1.165) is 0 Å². The highest BCUT2D eigenvalue weighted by molar-refractivity contribution is 5.94. The van der Waals surface area contributed by atoms with Crippen molar-refractivity contribution in [3.05, 3.63) is 35.6 Å². The number of aliphatic carboxylic acids is 1. The van der Waals surface area contributed by atoms with Crippen LogP contribution in [0, 0.1) is 5.82 Å². The van der Waals surface area contributed by atoms with Gasteiger partial charge in [0.25, 0.3) is 5.91 Å². The van der Waals surface area contributed by atoms with E-state index in [1.165, 1.54) is 18.2 Å². The lowest BCUT2D eigenvalue weighted by Crippen LogP contribution is -2.33. The molecular weight excluding hydrogens is 237 g/mol. The molecule has 0 spiro atoms. The Hall–Kier alpha value is -1.91. The molecule has 18 heavy (non-hydrogen) atoms. The summed E-state index contributed by atoms with van der Waals surface area (Å²) in [5.41, 5.74) is 0.00239. The normalized spacial score (nSPS) is 11.9. The molecule has 4 nitrogen and oxygen atoms in total. The lowest BCUT2D eigenvalue weighted by atomic mass is 10.1. The van der Waals surface area contributed by atoms with Gasteiger partial charge in [-0.2, -0.15) is 0 Å². The Morgan fingerprint density at radius 2 is 2.06 bits per heavy atom. The first-order valence-electron chi connectivity index (χ1n) is 5.78. The fraction of sp³-hybridized carbons (Fsp3) is 0.385. The molecule has 0 aromatic heterocycles. The van der Waals surface area contributed by atoms with Crippen molar-refractivity contribution >= 4 is 11.9 Å². The van der Waals surface area contributed by atoms with Gasteiger partial charge < -0.3 is 10.4 Å². The van der Waals surface area contributed by atoms with Gasteiger partial charge in [-0.15, -0.1) is 0 Å². The molecule has 2 N–H and O–H groups in total. The van der Waals surface area contributed by atoms with Crippen LogP contribution in [0.1, 0.15) is 36.5 Å². The molecule has 1 unspecified atom stereocenters. The monoisotopic (exact) mass is 253 g/mol. The number of benzene rings is 1. The van der Waals surface area contributed by atoms with Crippen LogP contribution in [0.25, 0.3) is 0 Å². The molecular formula is C13H16FNO3. The molecule has 0 bridgehead atoms. The average molecular weight is 253 g/mol. The van der Waals surface area contributed by atoms with Crippen LogP contribution in [-0.4, -0.2) is 23.0 Å². The second-order valence-electron chi connectivity index (χ2n) is 4.14. The maximum atomic E-state index is 13.3. The molecule has 0 radical (unpaired) electrons. The number of hydrogen-bond donors (Lipinski definition) is 2. The van der Waals surface area contributed by atoms with E-state index in [2.05, 4.69) is 5.32 Å². The van der Waals surface area contributed by atoms with Gasteiger partial charge in [0.05, 0.1) is 5.56 Å². The minimum Gasteiger partial charge on any atom is -0.481 e. The van der Waals surface area contributed by atoms with E-state index in [1.807, 2.05) is 0 Å². The third-order valence-corrected chi connectivity index (χ3v) is 2.52. The van der Waals surface area contributed by atoms with Crippen molar-refractivity contribution in [3.63, 3.8) is 0 Å². The molecule has 0 aliphatic rings. The van der Waals surface area contributed by atoms with Crippen molar-refractivity contribution in [1.82, 2.24) is 5.32 Å². The Balaban J connectivity index is 2.45. The number of carboxylic acid groups (broad SMARTS) is 1. The minimum absolute atomic E-state index is 0.00239. The average Bonchev–Trinajstić information content (AvgIpc) is 2.28. The van der Waals surface area contributed by atoms with Gasteiger partial charge in [-0.1, -0.05) is 12.1 Å². The molecule has 1 amide bonds. The first-order chi connectivity index (χ1) is 8.50. The molecule has 0 heterocycles. The number of carbonyl (C=O) groups is 2. The van der Waals surface area contributed by atoms with Gasteiger partial charge in [0, 0.05) is 12.5 Å². The fourth-order valence-electron chi connectivity index (χ4n) is 1.58. The van der Waals surface area contributed by atoms with Crippen LogP contribution in [0.3, 0.4) is 0 Å². The largest absolute Gasteiger partial charge is 0.481 e. The number of hydrogen-bond acceptors (Lipinski definition) is 2. The van der Waals surface area contributed by atoms with E-state index in [0.29, 0.717) is 12.8 Å². The molecule has 1 aromatic rings. The summed E-state index contributed by atoms with van der Waals surface area (Å²) in [7, 11) is 0. The highest BCUT2D eigenvalue weighted by atomic mass is 19.1. The molecule has 0 fully saturated rings. The molecule has 0 saturated heterocycles. The standard InChI is InChI=1S/C13H16FNO3/c1-9(5-4-8-12(16)17)15-13(18)10-6-2-3-7-11(10)14/h2-3,6-7,9H,4-5,8H2,1H3,(H,15,18)(H,16,17). The molecule has 1 atom stereocenters. The number of amides is 1. The van der Waals surface area contributed by atoms with Gasteiger partial charge in [0.2, 0.25) is 0 Å². The zero-order valence-electron chi connectivity index (χ0n) is 10.1. The van der Waals surface area contributed by atoms with E-state index in [1.54, 1.807) is 13.0 Å².